The largest absolute Gasteiger partial charge is 0.299 e. The van der Waals surface area contributed by atoms with Gasteiger partial charge in [-0.3, -0.25) is 4.79 Å². The minimum atomic E-state index is 0.115. The van der Waals surface area contributed by atoms with Gasteiger partial charge in [-0.25, -0.2) is 0 Å². The third kappa shape index (κ3) is 1.49. The number of rotatable bonds is 1. The molecule has 3 fully saturated rings. The number of Topliss-reactive ketones (excluding diaryl/α,β-unsaturated/α-hetero) is 1. The van der Waals surface area contributed by atoms with Gasteiger partial charge in [0.1, 0.15) is 5.78 Å². The Morgan fingerprint density at radius 3 is 2.73 bits per heavy atom. The van der Waals surface area contributed by atoms with Crippen LogP contribution >= 0.6 is 23.5 Å². The third-order valence-electron chi connectivity index (χ3n) is 4.40. The molecule has 1 saturated heterocycles. The SMILES string of the molecule is O=C1CC[C@@H]2CCCC[C@]12C1SCCS1. The number of hydrogen-bond donors (Lipinski definition) is 0. The van der Waals surface area contributed by atoms with Gasteiger partial charge >= 0.3 is 0 Å². The summed E-state index contributed by atoms with van der Waals surface area (Å²) in [6.45, 7) is 0. The molecular weight excluding hydrogens is 224 g/mol. The van der Waals surface area contributed by atoms with Crippen LogP contribution < -0.4 is 0 Å². The molecule has 0 aromatic heterocycles. The van der Waals surface area contributed by atoms with Crippen molar-refractivity contribution in [3.8, 4) is 0 Å². The fourth-order valence-electron chi connectivity index (χ4n) is 3.67. The Bertz CT molecular complexity index is 273. The van der Waals surface area contributed by atoms with Crippen molar-refractivity contribution in [2.24, 2.45) is 11.3 Å². The molecule has 1 heterocycles. The molecule has 0 amide bonds. The molecule has 1 nitrogen and oxygen atoms in total. The minimum absolute atomic E-state index is 0.115. The smallest absolute Gasteiger partial charge is 0.141 e. The Morgan fingerprint density at radius 1 is 1.13 bits per heavy atom. The molecule has 84 valence electrons. The number of fused-ring (bicyclic) bond motifs is 1. The second-order valence-corrected chi connectivity index (χ2v) is 7.74. The number of hydrogen-bond acceptors (Lipinski definition) is 3. The first kappa shape index (κ1) is 10.5. The van der Waals surface area contributed by atoms with Crippen molar-refractivity contribution in [1.29, 1.82) is 0 Å². The van der Waals surface area contributed by atoms with Crippen molar-refractivity contribution < 1.29 is 4.79 Å². The lowest BCUT2D eigenvalue weighted by Gasteiger charge is -2.41. The summed E-state index contributed by atoms with van der Waals surface area (Å²) in [6, 6.07) is 0. The summed E-state index contributed by atoms with van der Waals surface area (Å²) in [5, 5.41) is 0. The van der Waals surface area contributed by atoms with Gasteiger partial charge in [0.25, 0.3) is 0 Å². The molecule has 0 N–H and O–H groups in total. The normalized spacial score (nSPS) is 42.1. The van der Waals surface area contributed by atoms with Crippen LogP contribution in [0.4, 0.5) is 0 Å². The van der Waals surface area contributed by atoms with E-state index in [2.05, 4.69) is 23.5 Å². The van der Waals surface area contributed by atoms with Gasteiger partial charge in [-0.1, -0.05) is 12.8 Å². The van der Waals surface area contributed by atoms with E-state index in [1.807, 2.05) is 0 Å². The molecule has 0 spiro atoms. The third-order valence-corrected chi connectivity index (χ3v) is 7.80. The van der Waals surface area contributed by atoms with Gasteiger partial charge < -0.3 is 0 Å². The van der Waals surface area contributed by atoms with E-state index < -0.39 is 0 Å². The van der Waals surface area contributed by atoms with E-state index in [0.717, 1.165) is 12.3 Å². The van der Waals surface area contributed by atoms with E-state index in [1.165, 1.54) is 43.6 Å². The van der Waals surface area contributed by atoms with Crippen molar-refractivity contribution in [2.45, 2.75) is 43.1 Å². The van der Waals surface area contributed by atoms with Crippen LogP contribution in [0.5, 0.6) is 0 Å². The lowest BCUT2D eigenvalue weighted by Crippen LogP contribution is -2.42. The molecule has 3 heteroatoms. The first-order chi connectivity index (χ1) is 7.34. The number of carbonyl (C=O) groups is 1. The zero-order valence-corrected chi connectivity index (χ0v) is 10.7. The van der Waals surface area contributed by atoms with E-state index in [0.29, 0.717) is 10.4 Å². The van der Waals surface area contributed by atoms with Crippen LogP contribution in [0.1, 0.15) is 38.5 Å². The molecule has 0 unspecified atom stereocenters. The molecule has 1 aliphatic heterocycles. The van der Waals surface area contributed by atoms with E-state index in [1.54, 1.807) is 0 Å². The molecule has 3 rings (SSSR count). The highest BCUT2D eigenvalue weighted by atomic mass is 32.2. The van der Waals surface area contributed by atoms with Gasteiger partial charge in [0.2, 0.25) is 0 Å². The van der Waals surface area contributed by atoms with Crippen LogP contribution in [0, 0.1) is 11.3 Å². The molecule has 2 saturated carbocycles. The summed E-state index contributed by atoms with van der Waals surface area (Å²) in [7, 11) is 0. The van der Waals surface area contributed by atoms with Gasteiger partial charge in [0.15, 0.2) is 0 Å². The van der Waals surface area contributed by atoms with Gasteiger partial charge in [-0.15, -0.1) is 23.5 Å². The first-order valence-electron chi connectivity index (χ1n) is 6.10. The van der Waals surface area contributed by atoms with Gasteiger partial charge in [0, 0.05) is 17.9 Å². The maximum atomic E-state index is 12.3. The molecule has 15 heavy (non-hydrogen) atoms. The quantitative estimate of drug-likeness (QED) is 0.702. The van der Waals surface area contributed by atoms with Crippen LogP contribution in [0.25, 0.3) is 0 Å². The Balaban J connectivity index is 1.92. The molecule has 0 aromatic carbocycles. The van der Waals surface area contributed by atoms with Crippen molar-refractivity contribution in [1.82, 2.24) is 0 Å². The van der Waals surface area contributed by atoms with Crippen LogP contribution in [-0.2, 0) is 4.79 Å². The van der Waals surface area contributed by atoms with Gasteiger partial charge in [0.05, 0.1) is 10.00 Å². The summed E-state index contributed by atoms with van der Waals surface area (Å²) in [4.78, 5) is 12.3. The van der Waals surface area contributed by atoms with Crippen molar-refractivity contribution in [2.75, 3.05) is 11.5 Å². The average molecular weight is 242 g/mol. The predicted octanol–water partition coefficient (Wildman–Crippen LogP) is 3.33. The van der Waals surface area contributed by atoms with Crippen LogP contribution in [-0.4, -0.2) is 21.9 Å². The van der Waals surface area contributed by atoms with E-state index in [-0.39, 0.29) is 5.41 Å². The molecule has 0 radical (unpaired) electrons. The van der Waals surface area contributed by atoms with Crippen LogP contribution in [0.2, 0.25) is 0 Å². The summed E-state index contributed by atoms with van der Waals surface area (Å²) >= 11 is 4.12. The predicted molar refractivity (Wildman–Crippen MR) is 67.3 cm³/mol. The Kier molecular flexibility index (Phi) is 2.80. The highest BCUT2D eigenvalue weighted by Crippen LogP contribution is 2.59. The topological polar surface area (TPSA) is 17.1 Å². The Morgan fingerprint density at radius 2 is 1.93 bits per heavy atom. The lowest BCUT2D eigenvalue weighted by molar-refractivity contribution is -0.127. The minimum Gasteiger partial charge on any atom is -0.299 e. The summed E-state index contributed by atoms with van der Waals surface area (Å²) in [6.07, 6.45) is 7.24. The monoisotopic (exact) mass is 242 g/mol. The van der Waals surface area contributed by atoms with Crippen molar-refractivity contribution in [3.05, 3.63) is 0 Å². The van der Waals surface area contributed by atoms with Crippen LogP contribution in [0.15, 0.2) is 0 Å². The fraction of sp³-hybridized carbons (Fsp3) is 0.917. The molecular formula is C12H18OS2. The molecule has 0 bridgehead atoms. The molecule has 2 atom stereocenters. The number of ketones is 1. The zero-order chi connectivity index (χ0) is 10.3. The summed E-state index contributed by atoms with van der Waals surface area (Å²) < 4.78 is 0.609. The molecule has 0 aromatic rings. The van der Waals surface area contributed by atoms with Gasteiger partial charge in [-0.05, 0) is 25.2 Å². The van der Waals surface area contributed by atoms with E-state index in [4.69, 9.17) is 0 Å². The second kappa shape index (κ2) is 3.99. The van der Waals surface area contributed by atoms with Crippen molar-refractivity contribution in [3.63, 3.8) is 0 Å². The van der Waals surface area contributed by atoms with Crippen LogP contribution in [0.3, 0.4) is 0 Å². The number of thioether (sulfide) groups is 2. The first-order valence-corrected chi connectivity index (χ1v) is 8.20. The second-order valence-electron chi connectivity index (χ2n) is 5.02. The van der Waals surface area contributed by atoms with E-state index >= 15 is 0 Å². The average Bonchev–Trinajstić information content (AvgIpc) is 2.87. The van der Waals surface area contributed by atoms with Crippen molar-refractivity contribution >= 4 is 29.3 Å². The molecule has 2 aliphatic carbocycles. The highest BCUT2D eigenvalue weighted by Gasteiger charge is 2.56. The molecule has 3 aliphatic rings. The fourth-order valence-corrected chi connectivity index (χ4v) is 7.31. The van der Waals surface area contributed by atoms with E-state index in [9.17, 15) is 4.79 Å². The standard InChI is InChI=1S/C12H18OS2/c13-10-5-4-9-3-1-2-6-12(9,10)11-14-7-8-15-11/h9,11H,1-8H2/t9-,12+/m0/s1. The maximum absolute atomic E-state index is 12.3. The van der Waals surface area contributed by atoms with Gasteiger partial charge in [-0.2, -0.15) is 0 Å². The Hall–Kier alpha value is 0.370. The number of carbonyl (C=O) groups excluding carboxylic acids is 1. The lowest BCUT2D eigenvalue weighted by atomic mass is 9.69. The zero-order valence-electron chi connectivity index (χ0n) is 9.04. The summed E-state index contributed by atoms with van der Waals surface area (Å²) in [5.74, 6) is 3.87. The highest BCUT2D eigenvalue weighted by molar-refractivity contribution is 8.20. The Labute approximate surface area is 100 Å². The maximum Gasteiger partial charge on any atom is 0.141 e. The summed E-state index contributed by atoms with van der Waals surface area (Å²) in [5.41, 5.74) is 0.115.